The lowest BCUT2D eigenvalue weighted by Crippen LogP contribution is -2.36. The van der Waals surface area contributed by atoms with Gasteiger partial charge in [0.1, 0.15) is 5.75 Å². The number of aromatic nitrogens is 1. The number of hydrogen-bond acceptors (Lipinski definition) is 5. The van der Waals surface area contributed by atoms with Crippen LogP contribution in [0.5, 0.6) is 5.75 Å². The predicted molar refractivity (Wildman–Crippen MR) is 137 cm³/mol. The van der Waals surface area contributed by atoms with Crippen LogP contribution in [0.25, 0.3) is 0 Å². The van der Waals surface area contributed by atoms with Crippen LogP contribution in [0.2, 0.25) is 5.02 Å². The van der Waals surface area contributed by atoms with E-state index in [4.69, 9.17) is 33.5 Å². The zero-order chi connectivity index (χ0) is 22.4. The summed E-state index contributed by atoms with van der Waals surface area (Å²) in [6, 6.07) is 11.4. The van der Waals surface area contributed by atoms with Crippen molar-refractivity contribution in [3.63, 3.8) is 0 Å². The molecular formula is C23H29ClN4OS2. The first-order valence-corrected chi connectivity index (χ1v) is 12.2. The zero-order valence-electron chi connectivity index (χ0n) is 18.3. The molecule has 1 aromatic carbocycles. The van der Waals surface area contributed by atoms with E-state index < -0.39 is 0 Å². The van der Waals surface area contributed by atoms with Crippen LogP contribution in [0.4, 0.5) is 5.69 Å². The Morgan fingerprint density at radius 1 is 1.35 bits per heavy atom. The third-order valence-electron chi connectivity index (χ3n) is 4.80. The highest BCUT2D eigenvalue weighted by molar-refractivity contribution is 8.14. The van der Waals surface area contributed by atoms with Gasteiger partial charge in [-0.15, -0.1) is 0 Å². The van der Waals surface area contributed by atoms with Crippen molar-refractivity contribution in [2.24, 2.45) is 4.99 Å². The Hall–Kier alpha value is -1.83. The highest BCUT2D eigenvalue weighted by Crippen LogP contribution is 2.31. The first-order valence-electron chi connectivity index (χ1n) is 10.5. The number of amidine groups is 1. The molecule has 2 aromatic rings. The summed E-state index contributed by atoms with van der Waals surface area (Å²) in [6.07, 6.45) is 2.96. The number of benzene rings is 1. The van der Waals surface area contributed by atoms with Crippen LogP contribution < -0.4 is 10.1 Å². The maximum absolute atomic E-state index is 6.11. The van der Waals surface area contributed by atoms with Gasteiger partial charge in [-0.2, -0.15) is 0 Å². The van der Waals surface area contributed by atoms with E-state index in [1.165, 1.54) is 0 Å². The van der Waals surface area contributed by atoms with Crippen molar-refractivity contribution in [2.45, 2.75) is 51.4 Å². The zero-order valence-corrected chi connectivity index (χ0v) is 20.7. The van der Waals surface area contributed by atoms with E-state index in [2.05, 4.69) is 29.0 Å². The summed E-state index contributed by atoms with van der Waals surface area (Å²) in [5.74, 6) is 0.950. The smallest absolute Gasteiger partial charge is 0.179 e. The quantitative estimate of drug-likeness (QED) is 0.479. The van der Waals surface area contributed by atoms with Crippen LogP contribution in [-0.4, -0.2) is 44.6 Å². The molecule has 1 saturated heterocycles. The number of ether oxygens (including phenoxy) is 1. The molecule has 3 rings (SSSR count). The standard InChI is InChI=1S/C23H29ClN4OS2/c1-5-19-14-28(22(30)27-18-9-6-8-17(24)12-18)23(31-19)26-13-16(4)21-20(29-15(2)3)10-7-11-25-21/h6-12,15-16,19H,5,13-14H2,1-4H3,(H,27,30). The van der Waals surface area contributed by atoms with Gasteiger partial charge in [0.15, 0.2) is 10.3 Å². The van der Waals surface area contributed by atoms with Gasteiger partial charge in [0.25, 0.3) is 0 Å². The van der Waals surface area contributed by atoms with Gasteiger partial charge in [-0.05, 0) is 62.8 Å². The summed E-state index contributed by atoms with van der Waals surface area (Å²) in [7, 11) is 0. The molecule has 2 atom stereocenters. The van der Waals surface area contributed by atoms with Crippen molar-refractivity contribution < 1.29 is 4.74 Å². The highest BCUT2D eigenvalue weighted by atomic mass is 35.5. The molecule has 1 aliphatic rings. The lowest BCUT2D eigenvalue weighted by molar-refractivity contribution is 0.237. The van der Waals surface area contributed by atoms with Gasteiger partial charge in [-0.3, -0.25) is 14.9 Å². The van der Waals surface area contributed by atoms with Gasteiger partial charge in [-0.25, -0.2) is 0 Å². The van der Waals surface area contributed by atoms with Gasteiger partial charge in [0.05, 0.1) is 18.3 Å². The fourth-order valence-corrected chi connectivity index (χ4v) is 4.88. The van der Waals surface area contributed by atoms with Crippen molar-refractivity contribution in [2.75, 3.05) is 18.4 Å². The number of aliphatic imine (C=N–C) groups is 1. The van der Waals surface area contributed by atoms with Crippen molar-refractivity contribution >= 4 is 51.5 Å². The fraction of sp³-hybridized carbons (Fsp3) is 0.435. The van der Waals surface area contributed by atoms with E-state index in [9.17, 15) is 0 Å². The number of rotatable bonds is 7. The molecule has 0 spiro atoms. The average Bonchev–Trinajstić information content (AvgIpc) is 3.15. The lowest BCUT2D eigenvalue weighted by Gasteiger charge is -2.21. The van der Waals surface area contributed by atoms with Gasteiger partial charge in [-0.1, -0.05) is 43.3 Å². The van der Waals surface area contributed by atoms with E-state index in [1.54, 1.807) is 18.0 Å². The maximum atomic E-state index is 6.11. The van der Waals surface area contributed by atoms with E-state index in [0.717, 1.165) is 35.3 Å². The molecule has 2 heterocycles. The van der Waals surface area contributed by atoms with Crippen molar-refractivity contribution in [1.29, 1.82) is 0 Å². The monoisotopic (exact) mass is 476 g/mol. The number of pyridine rings is 1. The summed E-state index contributed by atoms with van der Waals surface area (Å²) in [5.41, 5.74) is 1.81. The molecular weight excluding hydrogens is 448 g/mol. The van der Waals surface area contributed by atoms with Gasteiger partial charge in [0.2, 0.25) is 0 Å². The topological polar surface area (TPSA) is 49.8 Å². The largest absolute Gasteiger partial charge is 0.489 e. The second-order valence-corrected chi connectivity index (χ2v) is 9.87. The van der Waals surface area contributed by atoms with Crippen LogP contribution in [0, 0.1) is 0 Å². The Balaban J connectivity index is 1.74. The minimum Gasteiger partial charge on any atom is -0.489 e. The minimum absolute atomic E-state index is 0.0996. The van der Waals surface area contributed by atoms with Crippen LogP contribution in [-0.2, 0) is 0 Å². The number of thioether (sulfide) groups is 1. The summed E-state index contributed by atoms with van der Waals surface area (Å²) < 4.78 is 5.94. The van der Waals surface area contributed by atoms with Crippen molar-refractivity contribution in [3.05, 3.63) is 53.3 Å². The molecule has 2 unspecified atom stereocenters. The second-order valence-electron chi connectivity index (χ2n) is 7.78. The van der Waals surface area contributed by atoms with Crippen LogP contribution in [0.1, 0.15) is 45.7 Å². The summed E-state index contributed by atoms with van der Waals surface area (Å²) in [6.45, 7) is 9.81. The van der Waals surface area contributed by atoms with Crippen LogP contribution in [0.15, 0.2) is 47.6 Å². The van der Waals surface area contributed by atoms with E-state index >= 15 is 0 Å². The molecule has 0 saturated carbocycles. The number of anilines is 1. The van der Waals surface area contributed by atoms with Crippen molar-refractivity contribution in [1.82, 2.24) is 9.88 Å². The molecule has 8 heteroatoms. The molecule has 0 amide bonds. The molecule has 0 aliphatic carbocycles. The Labute approximate surface area is 199 Å². The SMILES string of the molecule is CCC1CN(C(=S)Nc2cccc(Cl)c2)C(=NCC(C)c2ncccc2OC(C)C)S1. The van der Waals surface area contributed by atoms with E-state index in [1.807, 2.05) is 50.2 Å². The molecule has 166 valence electrons. The van der Waals surface area contributed by atoms with E-state index in [0.29, 0.717) is 21.9 Å². The number of halogens is 1. The maximum Gasteiger partial charge on any atom is 0.179 e. The van der Waals surface area contributed by atoms with Gasteiger partial charge >= 0.3 is 0 Å². The molecule has 0 bridgehead atoms. The fourth-order valence-electron chi connectivity index (χ4n) is 3.22. The number of nitrogens with zero attached hydrogens (tertiary/aromatic N) is 3. The third-order valence-corrected chi connectivity index (χ3v) is 6.73. The van der Waals surface area contributed by atoms with Crippen molar-refractivity contribution in [3.8, 4) is 5.75 Å². The molecule has 0 radical (unpaired) electrons. The summed E-state index contributed by atoms with van der Waals surface area (Å²) in [5, 5.41) is 6.01. The first kappa shape index (κ1) is 23.8. The van der Waals surface area contributed by atoms with Gasteiger partial charge in [0, 0.05) is 34.6 Å². The first-order chi connectivity index (χ1) is 14.9. The average molecular weight is 477 g/mol. The normalized spacial score (nSPS) is 18.5. The Bertz CT molecular complexity index is 937. The second kappa shape index (κ2) is 11.2. The van der Waals surface area contributed by atoms with E-state index in [-0.39, 0.29) is 12.0 Å². The lowest BCUT2D eigenvalue weighted by atomic mass is 10.1. The molecule has 1 fully saturated rings. The third kappa shape index (κ3) is 6.57. The highest BCUT2D eigenvalue weighted by Gasteiger charge is 2.30. The van der Waals surface area contributed by atoms with Crippen LogP contribution >= 0.6 is 35.6 Å². The van der Waals surface area contributed by atoms with Crippen LogP contribution in [0.3, 0.4) is 0 Å². The minimum atomic E-state index is 0.0996. The Morgan fingerprint density at radius 3 is 2.87 bits per heavy atom. The number of hydrogen-bond donors (Lipinski definition) is 1. The molecule has 31 heavy (non-hydrogen) atoms. The Kier molecular flexibility index (Phi) is 8.58. The molecule has 5 nitrogen and oxygen atoms in total. The summed E-state index contributed by atoms with van der Waals surface area (Å²) >= 11 is 13.6. The predicted octanol–water partition coefficient (Wildman–Crippen LogP) is 6.21. The number of nitrogens with one attached hydrogen (secondary N) is 1. The molecule has 1 aromatic heterocycles. The molecule has 1 aliphatic heterocycles. The molecule has 1 N–H and O–H groups in total. The number of thiocarbonyl (C=S) groups is 1. The summed E-state index contributed by atoms with van der Waals surface area (Å²) in [4.78, 5) is 11.6. The Morgan fingerprint density at radius 2 is 2.16 bits per heavy atom. The van der Waals surface area contributed by atoms with Gasteiger partial charge < -0.3 is 10.1 Å².